The normalized spacial score (nSPS) is 11.9. The average Bonchev–Trinajstić information content (AvgIpc) is 3.50. The van der Waals surface area contributed by atoms with Gasteiger partial charge in [0, 0.05) is 27.2 Å². The van der Waals surface area contributed by atoms with Gasteiger partial charge in [-0.2, -0.15) is 0 Å². The maximum Gasteiger partial charge on any atom is 0.131 e. The van der Waals surface area contributed by atoms with E-state index in [2.05, 4.69) is 142 Å². The van der Waals surface area contributed by atoms with Crippen molar-refractivity contribution in [2.75, 3.05) is 0 Å². The zero-order valence-electron chi connectivity index (χ0n) is 19.6. The lowest BCUT2D eigenvalue weighted by atomic mass is 10.1. The summed E-state index contributed by atoms with van der Waals surface area (Å²) in [5.41, 5.74) is 8.51. The number of pyridine rings is 1. The van der Waals surface area contributed by atoms with Crippen molar-refractivity contribution >= 4 is 49.1 Å². The largest absolute Gasteiger partial charge is 0.295 e. The van der Waals surface area contributed by atoms with Crippen LogP contribution in [0.25, 0.3) is 65.9 Å². The highest BCUT2D eigenvalue weighted by molar-refractivity contribution is 6.24. The van der Waals surface area contributed by atoms with E-state index in [1.54, 1.807) is 0 Å². The third-order valence-corrected chi connectivity index (χ3v) is 7.48. The van der Waals surface area contributed by atoms with E-state index in [4.69, 9.17) is 0 Å². The molecule has 0 spiro atoms. The molecule has 36 heavy (non-hydrogen) atoms. The molecule has 0 aliphatic rings. The maximum absolute atomic E-state index is 2.46. The molecule has 0 fully saturated rings. The Hall–Kier alpha value is -4.82. The highest BCUT2D eigenvalue weighted by atomic mass is 15.1. The first kappa shape index (κ1) is 19.5. The first-order valence-electron chi connectivity index (χ1n) is 12.4. The number of hydrogen-bond donors (Lipinski definition) is 0. The number of rotatable bonds is 2. The molecule has 0 aliphatic heterocycles. The minimum Gasteiger partial charge on any atom is -0.295 e. The zero-order valence-corrected chi connectivity index (χ0v) is 19.6. The van der Waals surface area contributed by atoms with Crippen LogP contribution in [0, 0.1) is 0 Å². The van der Waals surface area contributed by atoms with Crippen LogP contribution in [0.3, 0.4) is 0 Å². The van der Waals surface area contributed by atoms with Crippen molar-refractivity contribution in [3.05, 3.63) is 133 Å². The van der Waals surface area contributed by atoms with Crippen LogP contribution in [0.15, 0.2) is 133 Å². The molecule has 0 saturated carbocycles. The molecule has 0 atom stereocenters. The van der Waals surface area contributed by atoms with E-state index >= 15 is 0 Å². The van der Waals surface area contributed by atoms with E-state index in [1.807, 2.05) is 0 Å². The van der Waals surface area contributed by atoms with Crippen molar-refractivity contribution in [1.82, 2.24) is 8.97 Å². The topological polar surface area (TPSA) is 9.34 Å². The van der Waals surface area contributed by atoms with Gasteiger partial charge in [-0.15, -0.1) is 0 Å². The van der Waals surface area contributed by atoms with E-state index in [1.165, 1.54) is 60.3 Å². The molecule has 168 valence electrons. The van der Waals surface area contributed by atoms with Gasteiger partial charge in [0.15, 0.2) is 0 Å². The smallest absolute Gasteiger partial charge is 0.131 e. The summed E-state index contributed by atoms with van der Waals surface area (Å²) in [6, 6.07) is 48.2. The fourth-order valence-electron chi connectivity index (χ4n) is 5.90. The predicted molar refractivity (Wildman–Crippen MR) is 152 cm³/mol. The molecule has 0 aliphatic carbocycles. The first-order valence-corrected chi connectivity index (χ1v) is 12.4. The Bertz CT molecular complexity index is 2070. The van der Waals surface area contributed by atoms with Crippen LogP contribution < -0.4 is 0 Å². The molecule has 0 amide bonds. The molecule has 0 bridgehead atoms. The SMILES string of the molecule is c1ccc(-c2ccc(-n3c4ccccc4c4c5ccccc5c5cc6ccccc6n5c43)cc2)cc1. The molecule has 0 radical (unpaired) electrons. The molecule has 0 unspecified atom stereocenters. The van der Waals surface area contributed by atoms with Gasteiger partial charge in [0.1, 0.15) is 5.65 Å². The summed E-state index contributed by atoms with van der Waals surface area (Å²) in [6.45, 7) is 0. The monoisotopic (exact) mass is 458 g/mol. The van der Waals surface area contributed by atoms with Gasteiger partial charge >= 0.3 is 0 Å². The van der Waals surface area contributed by atoms with Crippen molar-refractivity contribution in [3.63, 3.8) is 0 Å². The molecule has 8 aromatic rings. The highest BCUT2D eigenvalue weighted by Gasteiger charge is 2.20. The minimum atomic E-state index is 1.16. The Balaban J connectivity index is 1.57. The molecule has 0 saturated heterocycles. The van der Waals surface area contributed by atoms with Crippen molar-refractivity contribution in [3.8, 4) is 16.8 Å². The Kier molecular flexibility index (Phi) is 3.97. The van der Waals surface area contributed by atoms with E-state index in [-0.39, 0.29) is 0 Å². The summed E-state index contributed by atoms with van der Waals surface area (Å²) >= 11 is 0. The van der Waals surface area contributed by atoms with Crippen LogP contribution in [0.2, 0.25) is 0 Å². The fraction of sp³-hybridized carbons (Fsp3) is 0. The lowest BCUT2D eigenvalue weighted by Crippen LogP contribution is -1.99. The summed E-state index contributed by atoms with van der Waals surface area (Å²) in [5, 5.41) is 6.39. The number of nitrogens with zero attached hydrogens (tertiary/aromatic N) is 2. The summed E-state index contributed by atoms with van der Waals surface area (Å²) < 4.78 is 4.89. The Labute approximate surface area is 208 Å². The summed E-state index contributed by atoms with van der Waals surface area (Å²) in [6.07, 6.45) is 0. The van der Waals surface area contributed by atoms with Gasteiger partial charge in [0.25, 0.3) is 0 Å². The molecule has 3 heterocycles. The third-order valence-electron chi connectivity index (χ3n) is 7.48. The van der Waals surface area contributed by atoms with Crippen LogP contribution in [0.4, 0.5) is 0 Å². The predicted octanol–water partition coefficient (Wildman–Crippen LogP) is 9.01. The second-order valence-corrected chi connectivity index (χ2v) is 9.43. The molecule has 0 N–H and O–H groups in total. The Morgan fingerprint density at radius 3 is 1.83 bits per heavy atom. The highest BCUT2D eigenvalue weighted by Crippen LogP contribution is 2.40. The van der Waals surface area contributed by atoms with Crippen LogP contribution in [-0.2, 0) is 0 Å². The number of fused-ring (bicyclic) bond motifs is 10. The number of aromatic nitrogens is 2. The molecule has 2 nitrogen and oxygen atoms in total. The third kappa shape index (κ3) is 2.61. The average molecular weight is 459 g/mol. The van der Waals surface area contributed by atoms with Gasteiger partial charge in [-0.3, -0.25) is 8.97 Å². The van der Waals surface area contributed by atoms with E-state index in [0.29, 0.717) is 0 Å². The second kappa shape index (κ2) is 7.34. The molecule has 5 aromatic carbocycles. The summed E-state index contributed by atoms with van der Waals surface area (Å²) in [7, 11) is 0. The van der Waals surface area contributed by atoms with Crippen LogP contribution >= 0.6 is 0 Å². The first-order chi connectivity index (χ1) is 17.9. The number of hydrogen-bond acceptors (Lipinski definition) is 0. The summed E-state index contributed by atoms with van der Waals surface area (Å²) in [4.78, 5) is 0. The quantitative estimate of drug-likeness (QED) is 0.244. The summed E-state index contributed by atoms with van der Waals surface area (Å²) in [5.74, 6) is 0. The van der Waals surface area contributed by atoms with Crippen LogP contribution in [0.5, 0.6) is 0 Å². The van der Waals surface area contributed by atoms with E-state index < -0.39 is 0 Å². The zero-order chi connectivity index (χ0) is 23.6. The van der Waals surface area contributed by atoms with Gasteiger partial charge in [-0.05, 0) is 46.8 Å². The molecule has 2 heteroatoms. The molecular weight excluding hydrogens is 436 g/mol. The number of para-hydroxylation sites is 2. The lowest BCUT2D eigenvalue weighted by molar-refractivity contribution is 1.12. The maximum atomic E-state index is 2.46. The lowest BCUT2D eigenvalue weighted by Gasteiger charge is -2.13. The standard InChI is InChI=1S/C34H22N2/c1-2-10-23(11-3-1)24-18-20-26(21-19-24)35-31-17-9-7-15-29(31)33-28-14-6-5-13-27(28)32-22-25-12-4-8-16-30(25)36(32)34(33)35/h1-22H. The van der Waals surface area contributed by atoms with Gasteiger partial charge in [0.05, 0.1) is 16.6 Å². The van der Waals surface area contributed by atoms with Gasteiger partial charge in [0.2, 0.25) is 0 Å². The molecule has 3 aromatic heterocycles. The van der Waals surface area contributed by atoms with Gasteiger partial charge in [-0.1, -0.05) is 103 Å². The fourth-order valence-corrected chi connectivity index (χ4v) is 5.90. The van der Waals surface area contributed by atoms with Crippen molar-refractivity contribution in [1.29, 1.82) is 0 Å². The van der Waals surface area contributed by atoms with Crippen LogP contribution in [-0.4, -0.2) is 8.97 Å². The van der Waals surface area contributed by atoms with E-state index in [9.17, 15) is 0 Å². The van der Waals surface area contributed by atoms with Gasteiger partial charge < -0.3 is 0 Å². The van der Waals surface area contributed by atoms with Gasteiger partial charge in [-0.25, -0.2) is 0 Å². The minimum absolute atomic E-state index is 1.16. The molecular formula is C34H22N2. The van der Waals surface area contributed by atoms with Crippen molar-refractivity contribution in [2.45, 2.75) is 0 Å². The van der Waals surface area contributed by atoms with Crippen LogP contribution in [0.1, 0.15) is 0 Å². The Morgan fingerprint density at radius 2 is 1.03 bits per heavy atom. The van der Waals surface area contributed by atoms with Crippen molar-refractivity contribution < 1.29 is 0 Å². The second-order valence-electron chi connectivity index (χ2n) is 9.43. The number of benzene rings is 5. The Morgan fingerprint density at radius 1 is 0.417 bits per heavy atom. The van der Waals surface area contributed by atoms with E-state index in [0.717, 1.165) is 5.69 Å². The molecule has 8 rings (SSSR count). The van der Waals surface area contributed by atoms with Crippen molar-refractivity contribution in [2.24, 2.45) is 0 Å².